The summed E-state index contributed by atoms with van der Waals surface area (Å²) in [5, 5.41) is 3.25. The van der Waals surface area contributed by atoms with E-state index in [-0.39, 0.29) is 19.0 Å². The second-order valence-corrected chi connectivity index (χ2v) is 5.88. The number of rotatable bonds is 5. The van der Waals surface area contributed by atoms with Crippen LogP contribution in [0.1, 0.15) is 5.56 Å². The molecule has 0 saturated heterocycles. The van der Waals surface area contributed by atoms with Crippen LogP contribution >= 0.6 is 12.4 Å². The molecule has 26 heavy (non-hydrogen) atoms. The molecule has 2 aliphatic heterocycles. The van der Waals surface area contributed by atoms with Crippen LogP contribution in [-0.2, 0) is 11.3 Å². The molecule has 2 aromatic carbocycles. The van der Waals surface area contributed by atoms with Gasteiger partial charge < -0.3 is 24.3 Å². The van der Waals surface area contributed by atoms with Gasteiger partial charge in [-0.1, -0.05) is 24.3 Å². The lowest BCUT2D eigenvalue weighted by molar-refractivity contribution is -0.172. The van der Waals surface area contributed by atoms with E-state index in [1.54, 1.807) is 7.11 Å². The van der Waals surface area contributed by atoms with Crippen molar-refractivity contribution in [3.05, 3.63) is 54.1 Å². The van der Waals surface area contributed by atoms with Gasteiger partial charge in [0.2, 0.25) is 0 Å². The molecule has 2 aliphatic rings. The van der Waals surface area contributed by atoms with E-state index in [2.05, 4.69) is 10.3 Å². The lowest BCUT2D eigenvalue weighted by Gasteiger charge is -2.37. The van der Waals surface area contributed by atoms with Gasteiger partial charge in [0.25, 0.3) is 0 Å². The van der Waals surface area contributed by atoms with Crippen LogP contribution < -0.4 is 19.5 Å². The highest BCUT2D eigenvalue weighted by molar-refractivity contribution is 5.91. The zero-order chi connectivity index (χ0) is 17.1. The summed E-state index contributed by atoms with van der Waals surface area (Å²) in [5.41, 5.74) is 1.02. The van der Waals surface area contributed by atoms with Gasteiger partial charge in [-0.3, -0.25) is 4.99 Å². The quantitative estimate of drug-likeness (QED) is 0.869. The molecule has 0 spiro atoms. The van der Waals surface area contributed by atoms with Crippen molar-refractivity contribution in [2.45, 2.75) is 12.4 Å². The van der Waals surface area contributed by atoms with E-state index in [0.717, 1.165) is 17.9 Å². The molecule has 0 saturated carbocycles. The molecule has 2 heterocycles. The Bertz CT molecular complexity index is 781. The molecule has 1 atom stereocenters. The van der Waals surface area contributed by atoms with Crippen molar-refractivity contribution in [3.63, 3.8) is 0 Å². The molecule has 7 heteroatoms. The summed E-state index contributed by atoms with van der Waals surface area (Å²) in [5.74, 6) is 1.79. The summed E-state index contributed by atoms with van der Waals surface area (Å²) in [6.45, 7) is 2.09. The molecule has 0 aromatic heterocycles. The Kier molecular flexibility index (Phi) is 5.54. The largest absolute Gasteiger partial charge is 0.497 e. The summed E-state index contributed by atoms with van der Waals surface area (Å²) in [6.07, 6.45) is 0. The third-order valence-electron chi connectivity index (χ3n) is 4.21. The fourth-order valence-electron chi connectivity index (χ4n) is 2.86. The first-order chi connectivity index (χ1) is 12.3. The molecular weight excluding hydrogens is 356 g/mol. The Labute approximate surface area is 158 Å². The number of amidine groups is 1. The minimum absolute atomic E-state index is 0. The number of methoxy groups -OCH3 is 1. The van der Waals surface area contributed by atoms with Crippen LogP contribution in [0.4, 0.5) is 0 Å². The average molecular weight is 377 g/mol. The summed E-state index contributed by atoms with van der Waals surface area (Å²) in [4.78, 5) is 4.50. The summed E-state index contributed by atoms with van der Waals surface area (Å²) in [7, 11) is 1.65. The first kappa shape index (κ1) is 18.4. The molecule has 1 N–H and O–H groups in total. The van der Waals surface area contributed by atoms with Crippen molar-refractivity contribution in [3.8, 4) is 17.2 Å². The van der Waals surface area contributed by atoms with Crippen molar-refractivity contribution in [1.29, 1.82) is 0 Å². The molecule has 0 amide bonds. The maximum absolute atomic E-state index is 6.20. The van der Waals surface area contributed by atoms with Crippen molar-refractivity contribution in [2.75, 3.05) is 26.8 Å². The first-order valence-corrected chi connectivity index (χ1v) is 8.26. The highest BCUT2D eigenvalue weighted by atomic mass is 35.5. The van der Waals surface area contributed by atoms with Crippen LogP contribution in [0, 0.1) is 0 Å². The van der Waals surface area contributed by atoms with Gasteiger partial charge in [-0.2, -0.15) is 0 Å². The summed E-state index contributed by atoms with van der Waals surface area (Å²) in [6, 6.07) is 15.3. The second kappa shape index (κ2) is 7.85. The maximum atomic E-state index is 6.20. The lowest BCUT2D eigenvalue weighted by atomic mass is 10.2. The van der Waals surface area contributed by atoms with Crippen molar-refractivity contribution >= 4 is 18.2 Å². The maximum Gasteiger partial charge on any atom is 0.304 e. The molecule has 1 unspecified atom stereocenters. The van der Waals surface area contributed by atoms with E-state index < -0.39 is 5.79 Å². The van der Waals surface area contributed by atoms with Crippen molar-refractivity contribution in [2.24, 2.45) is 4.99 Å². The van der Waals surface area contributed by atoms with Gasteiger partial charge in [-0.05, 0) is 29.8 Å². The molecule has 0 fully saturated rings. The molecule has 2 aromatic rings. The van der Waals surface area contributed by atoms with Crippen molar-refractivity contribution < 1.29 is 18.9 Å². The van der Waals surface area contributed by atoms with Crippen LogP contribution in [0.25, 0.3) is 0 Å². The van der Waals surface area contributed by atoms with Crippen LogP contribution in [0.2, 0.25) is 0 Å². The fraction of sp³-hybridized carbons (Fsp3) is 0.316. The minimum Gasteiger partial charge on any atom is -0.497 e. The standard InChI is InChI=1S/C19H20N2O4.ClH/c1-22-15-8-6-14(7-9-15)12-24-19(18-20-10-11-21-18)13-23-16-4-2-3-5-17(16)25-19;/h2-9H,10-13H2,1H3,(H,20,21);1H. The Morgan fingerprint density at radius 2 is 1.88 bits per heavy atom. The molecular formula is C19H21ClN2O4. The monoisotopic (exact) mass is 376 g/mol. The van der Waals surface area contributed by atoms with Gasteiger partial charge >= 0.3 is 5.79 Å². The molecule has 0 bridgehead atoms. The van der Waals surface area contributed by atoms with Crippen LogP contribution in [-0.4, -0.2) is 38.4 Å². The third-order valence-corrected chi connectivity index (χ3v) is 4.21. The summed E-state index contributed by atoms with van der Waals surface area (Å²) < 4.78 is 23.5. The predicted octanol–water partition coefficient (Wildman–Crippen LogP) is 2.80. The number of ether oxygens (including phenoxy) is 4. The smallest absolute Gasteiger partial charge is 0.304 e. The van der Waals surface area contributed by atoms with E-state index >= 15 is 0 Å². The Balaban J connectivity index is 0.00000196. The second-order valence-electron chi connectivity index (χ2n) is 5.88. The molecule has 0 aliphatic carbocycles. The first-order valence-electron chi connectivity index (χ1n) is 8.26. The van der Waals surface area contributed by atoms with Crippen LogP contribution in [0.3, 0.4) is 0 Å². The van der Waals surface area contributed by atoms with E-state index in [9.17, 15) is 0 Å². The van der Waals surface area contributed by atoms with E-state index in [1.807, 2.05) is 48.5 Å². The van der Waals surface area contributed by atoms with Gasteiger partial charge in [0.1, 0.15) is 5.75 Å². The van der Waals surface area contributed by atoms with Gasteiger partial charge in [0, 0.05) is 6.54 Å². The Morgan fingerprint density at radius 1 is 1.12 bits per heavy atom. The van der Waals surface area contributed by atoms with Crippen LogP contribution in [0.15, 0.2) is 53.5 Å². The topological polar surface area (TPSA) is 61.3 Å². The zero-order valence-corrected chi connectivity index (χ0v) is 15.3. The molecule has 0 radical (unpaired) electrons. The minimum atomic E-state index is -1.06. The Hall–Kier alpha value is -2.44. The van der Waals surface area contributed by atoms with Gasteiger partial charge in [-0.25, -0.2) is 0 Å². The third kappa shape index (κ3) is 3.57. The fourth-order valence-corrected chi connectivity index (χ4v) is 2.86. The number of hydrogen-bond donors (Lipinski definition) is 1. The highest BCUT2D eigenvalue weighted by Crippen LogP contribution is 2.36. The number of para-hydroxylation sites is 2. The van der Waals surface area contributed by atoms with Gasteiger partial charge in [0.05, 0.1) is 20.3 Å². The van der Waals surface area contributed by atoms with E-state index in [0.29, 0.717) is 30.5 Å². The Morgan fingerprint density at radius 3 is 2.58 bits per heavy atom. The van der Waals surface area contributed by atoms with Gasteiger partial charge in [0.15, 0.2) is 23.9 Å². The predicted molar refractivity (Wildman–Crippen MR) is 101 cm³/mol. The highest BCUT2D eigenvalue weighted by Gasteiger charge is 2.45. The normalized spacial score (nSPS) is 20.6. The number of halogens is 1. The van der Waals surface area contributed by atoms with E-state index in [4.69, 9.17) is 18.9 Å². The lowest BCUT2D eigenvalue weighted by Crippen LogP contribution is -2.57. The average Bonchev–Trinajstić information content (AvgIpc) is 3.22. The van der Waals surface area contributed by atoms with Crippen molar-refractivity contribution in [1.82, 2.24) is 5.32 Å². The number of nitrogens with one attached hydrogen (secondary N) is 1. The summed E-state index contributed by atoms with van der Waals surface area (Å²) >= 11 is 0. The zero-order valence-electron chi connectivity index (χ0n) is 14.4. The van der Waals surface area contributed by atoms with Gasteiger partial charge in [-0.15, -0.1) is 12.4 Å². The number of benzene rings is 2. The van der Waals surface area contributed by atoms with E-state index in [1.165, 1.54) is 0 Å². The molecule has 138 valence electrons. The molecule has 4 rings (SSSR count). The molecule has 6 nitrogen and oxygen atoms in total. The van der Waals surface area contributed by atoms with Crippen LogP contribution in [0.5, 0.6) is 17.2 Å². The number of nitrogens with zero attached hydrogens (tertiary/aromatic N) is 1. The number of hydrogen-bond acceptors (Lipinski definition) is 6. The number of fused-ring (bicyclic) bond motifs is 1. The number of aliphatic imine (C=N–C) groups is 1. The SMILES string of the molecule is COc1ccc(COC2(C3=NCCN3)COc3ccccc3O2)cc1.Cl.